The fourth-order valence-electron chi connectivity index (χ4n) is 2.54. The Bertz CT molecular complexity index is 714. The van der Waals surface area contributed by atoms with Gasteiger partial charge in [0.25, 0.3) is 0 Å². The van der Waals surface area contributed by atoms with Crippen LogP contribution in [0.15, 0.2) is 48.2 Å². The smallest absolute Gasteiger partial charge is 0.335 e. The van der Waals surface area contributed by atoms with Gasteiger partial charge in [-0.15, -0.1) is 6.42 Å². The molecule has 0 bridgehead atoms. The molecular formula is C19H22N2O3. The van der Waals surface area contributed by atoms with E-state index in [-0.39, 0.29) is 5.57 Å². The number of rotatable bonds is 6. The number of terminal acetylenes is 1. The summed E-state index contributed by atoms with van der Waals surface area (Å²) in [6, 6.07) is 7.62. The molecule has 2 N–H and O–H groups in total. The number of nitrogens with one attached hydrogen (secondary N) is 1. The van der Waals surface area contributed by atoms with Crippen LogP contribution in [0.4, 0.5) is 0 Å². The molecule has 1 aliphatic heterocycles. The molecule has 1 atom stereocenters. The normalized spacial score (nSPS) is 17.2. The maximum absolute atomic E-state index is 11.6. The van der Waals surface area contributed by atoms with Crippen molar-refractivity contribution in [1.82, 2.24) is 10.2 Å². The van der Waals surface area contributed by atoms with E-state index < -0.39 is 17.7 Å². The second-order valence-corrected chi connectivity index (χ2v) is 6.01. The highest BCUT2D eigenvalue weighted by molar-refractivity contribution is 5.88. The molecule has 0 fully saturated rings. The van der Waals surface area contributed by atoms with Crippen molar-refractivity contribution in [2.24, 2.45) is 0 Å². The van der Waals surface area contributed by atoms with Crippen LogP contribution in [0.3, 0.4) is 0 Å². The molecule has 1 heterocycles. The van der Waals surface area contributed by atoms with Crippen molar-refractivity contribution in [3.05, 3.63) is 53.8 Å². The summed E-state index contributed by atoms with van der Waals surface area (Å²) in [5.74, 6) is 2.50. The van der Waals surface area contributed by atoms with Gasteiger partial charge in [0.1, 0.15) is 11.9 Å². The minimum Gasteiger partial charge on any atom is -0.497 e. The fourth-order valence-corrected chi connectivity index (χ4v) is 2.54. The van der Waals surface area contributed by atoms with Crippen LogP contribution in [-0.2, 0) is 11.3 Å². The van der Waals surface area contributed by atoms with Gasteiger partial charge in [-0.2, -0.15) is 0 Å². The van der Waals surface area contributed by atoms with Gasteiger partial charge in [-0.1, -0.05) is 18.1 Å². The Labute approximate surface area is 142 Å². The summed E-state index contributed by atoms with van der Waals surface area (Å²) >= 11 is 0. The highest BCUT2D eigenvalue weighted by Gasteiger charge is 2.34. The number of ether oxygens (including phenoxy) is 1. The van der Waals surface area contributed by atoms with E-state index in [4.69, 9.17) is 11.2 Å². The first-order valence-corrected chi connectivity index (χ1v) is 7.63. The standard InChI is InChI=1S/C19H22N2O3/c1-5-19(2,3)21-11-7-10-16(18(22)23)17(21)20-13-14-8-6-9-15(12-14)24-4/h1,6-12,17,20H,13H2,2-4H3,(H,22,23). The molecule has 0 aromatic heterocycles. The number of hydrogen-bond donors (Lipinski definition) is 2. The van der Waals surface area contributed by atoms with Gasteiger partial charge in [0.05, 0.1) is 18.2 Å². The average molecular weight is 326 g/mol. The SMILES string of the molecule is C#CC(C)(C)N1C=CC=C(C(=O)O)C1NCc1cccc(OC)c1. The summed E-state index contributed by atoms with van der Waals surface area (Å²) in [5.41, 5.74) is 0.619. The Balaban J connectivity index is 2.24. The molecule has 5 nitrogen and oxygen atoms in total. The second kappa shape index (κ2) is 7.24. The monoisotopic (exact) mass is 326 g/mol. The molecule has 0 amide bonds. The first-order valence-electron chi connectivity index (χ1n) is 7.63. The predicted molar refractivity (Wildman–Crippen MR) is 93.2 cm³/mol. The van der Waals surface area contributed by atoms with Crippen LogP contribution in [0.5, 0.6) is 5.75 Å². The van der Waals surface area contributed by atoms with Gasteiger partial charge in [-0.05, 0) is 43.7 Å². The van der Waals surface area contributed by atoms with Crippen molar-refractivity contribution < 1.29 is 14.6 Å². The Morgan fingerprint density at radius 1 is 1.50 bits per heavy atom. The van der Waals surface area contributed by atoms with Gasteiger partial charge in [0, 0.05) is 12.7 Å². The fraction of sp³-hybridized carbons (Fsp3) is 0.316. The molecule has 0 saturated heterocycles. The van der Waals surface area contributed by atoms with Gasteiger partial charge in [0.15, 0.2) is 0 Å². The number of carboxylic acids is 1. The number of nitrogens with zero attached hydrogens (tertiary/aromatic N) is 1. The maximum atomic E-state index is 11.6. The summed E-state index contributed by atoms with van der Waals surface area (Å²) in [7, 11) is 1.61. The Hall–Kier alpha value is -2.71. The zero-order chi connectivity index (χ0) is 17.7. The van der Waals surface area contributed by atoms with Crippen LogP contribution in [-0.4, -0.2) is 34.8 Å². The molecule has 126 valence electrons. The maximum Gasteiger partial charge on any atom is 0.335 e. The zero-order valence-corrected chi connectivity index (χ0v) is 14.1. The lowest BCUT2D eigenvalue weighted by atomic mass is 9.99. The molecular weight excluding hydrogens is 304 g/mol. The van der Waals surface area contributed by atoms with Gasteiger partial charge in [-0.25, -0.2) is 4.79 Å². The molecule has 1 aromatic rings. The van der Waals surface area contributed by atoms with Crippen molar-refractivity contribution in [2.45, 2.75) is 32.1 Å². The van der Waals surface area contributed by atoms with Gasteiger partial charge >= 0.3 is 5.97 Å². The summed E-state index contributed by atoms with van der Waals surface area (Å²) in [6.07, 6.45) is 10.2. The number of carbonyl (C=O) groups is 1. The first kappa shape index (κ1) is 17.6. The summed E-state index contributed by atoms with van der Waals surface area (Å²) in [6.45, 7) is 4.24. The zero-order valence-electron chi connectivity index (χ0n) is 14.1. The summed E-state index contributed by atoms with van der Waals surface area (Å²) < 4.78 is 5.22. The molecule has 1 unspecified atom stereocenters. The topological polar surface area (TPSA) is 61.8 Å². The van der Waals surface area contributed by atoms with E-state index in [2.05, 4.69) is 11.2 Å². The second-order valence-electron chi connectivity index (χ2n) is 6.01. The van der Waals surface area contributed by atoms with Crippen molar-refractivity contribution >= 4 is 5.97 Å². The van der Waals surface area contributed by atoms with Crippen LogP contribution in [0, 0.1) is 12.3 Å². The van der Waals surface area contributed by atoms with E-state index >= 15 is 0 Å². The highest BCUT2D eigenvalue weighted by Crippen LogP contribution is 2.25. The number of methoxy groups -OCH3 is 1. The highest BCUT2D eigenvalue weighted by atomic mass is 16.5. The van der Waals surface area contributed by atoms with Crippen molar-refractivity contribution in [3.8, 4) is 18.1 Å². The molecule has 2 rings (SSSR count). The Kier molecular flexibility index (Phi) is 5.32. The third-order valence-corrected chi connectivity index (χ3v) is 3.97. The summed E-state index contributed by atoms with van der Waals surface area (Å²) in [5, 5.41) is 12.8. The molecule has 0 aliphatic carbocycles. The van der Waals surface area contributed by atoms with Crippen LogP contribution in [0.25, 0.3) is 0 Å². The molecule has 0 spiro atoms. The Morgan fingerprint density at radius 2 is 2.25 bits per heavy atom. The first-order chi connectivity index (χ1) is 11.4. The lowest BCUT2D eigenvalue weighted by molar-refractivity contribution is -0.133. The molecule has 0 radical (unpaired) electrons. The molecule has 1 aliphatic rings. The van der Waals surface area contributed by atoms with Gasteiger partial charge in [0.2, 0.25) is 0 Å². The predicted octanol–water partition coefficient (Wildman–Crippen LogP) is 2.36. The van der Waals surface area contributed by atoms with Crippen LogP contribution >= 0.6 is 0 Å². The average Bonchev–Trinajstić information content (AvgIpc) is 2.59. The minimum atomic E-state index is -0.972. The summed E-state index contributed by atoms with van der Waals surface area (Å²) in [4.78, 5) is 13.4. The lowest BCUT2D eigenvalue weighted by Gasteiger charge is -2.42. The van der Waals surface area contributed by atoms with E-state index in [9.17, 15) is 9.90 Å². The van der Waals surface area contributed by atoms with Crippen LogP contribution < -0.4 is 10.1 Å². The van der Waals surface area contributed by atoms with Crippen molar-refractivity contribution in [2.75, 3.05) is 7.11 Å². The van der Waals surface area contributed by atoms with E-state index in [0.29, 0.717) is 6.54 Å². The van der Waals surface area contributed by atoms with E-state index in [0.717, 1.165) is 11.3 Å². The van der Waals surface area contributed by atoms with Crippen molar-refractivity contribution in [1.29, 1.82) is 0 Å². The number of allylic oxidation sites excluding steroid dienone is 2. The van der Waals surface area contributed by atoms with Crippen molar-refractivity contribution in [3.63, 3.8) is 0 Å². The van der Waals surface area contributed by atoms with E-state index in [1.54, 1.807) is 19.3 Å². The number of carboxylic acid groups (broad SMARTS) is 1. The number of benzene rings is 1. The number of hydrogen-bond acceptors (Lipinski definition) is 4. The van der Waals surface area contributed by atoms with E-state index in [1.165, 1.54) is 0 Å². The van der Waals surface area contributed by atoms with E-state index in [1.807, 2.05) is 49.2 Å². The minimum absolute atomic E-state index is 0.253. The van der Waals surface area contributed by atoms with Gasteiger partial charge in [-0.3, -0.25) is 5.32 Å². The molecule has 5 heteroatoms. The van der Waals surface area contributed by atoms with Crippen LogP contribution in [0.1, 0.15) is 19.4 Å². The Morgan fingerprint density at radius 3 is 2.88 bits per heavy atom. The van der Waals surface area contributed by atoms with Crippen LogP contribution in [0.2, 0.25) is 0 Å². The largest absolute Gasteiger partial charge is 0.497 e. The quantitative estimate of drug-likeness (QED) is 0.786. The third-order valence-electron chi connectivity index (χ3n) is 3.97. The molecule has 24 heavy (non-hydrogen) atoms. The van der Waals surface area contributed by atoms with Gasteiger partial charge < -0.3 is 14.7 Å². The lowest BCUT2D eigenvalue weighted by Crippen LogP contribution is -2.54. The molecule has 1 aromatic carbocycles. The third kappa shape index (κ3) is 3.79. The molecule has 0 saturated carbocycles. The number of aliphatic carboxylic acids is 1.